The normalized spacial score (nSPS) is 12.6. The molecule has 11 heteroatoms. The van der Waals surface area contributed by atoms with E-state index in [1.54, 1.807) is 0 Å². The predicted molar refractivity (Wildman–Crippen MR) is 69.3 cm³/mol. The summed E-state index contributed by atoms with van der Waals surface area (Å²) in [5.41, 5.74) is 0.877. The van der Waals surface area contributed by atoms with Gasteiger partial charge in [0.25, 0.3) is 10.1 Å². The van der Waals surface area contributed by atoms with E-state index in [1.807, 2.05) is 4.72 Å². The molecule has 0 aliphatic rings. The van der Waals surface area contributed by atoms with E-state index < -0.39 is 26.9 Å². The summed E-state index contributed by atoms with van der Waals surface area (Å²) in [7, 11) is -7.86. The zero-order valence-electron chi connectivity index (χ0n) is 9.98. The molecule has 9 nitrogen and oxygen atoms in total. The van der Waals surface area contributed by atoms with E-state index in [1.165, 1.54) is 18.2 Å². The van der Waals surface area contributed by atoms with Gasteiger partial charge in [0.2, 0.25) is 10.0 Å². The van der Waals surface area contributed by atoms with Crippen LogP contribution in [0.15, 0.2) is 35.1 Å². The maximum atomic E-state index is 11.9. The summed E-state index contributed by atoms with van der Waals surface area (Å²) in [5.74, 6) is 0. The number of nitrogens with zero attached hydrogens (tertiary/aromatic N) is 2. The van der Waals surface area contributed by atoms with Gasteiger partial charge in [-0.25, -0.2) is 8.42 Å². The van der Waals surface area contributed by atoms with Crippen LogP contribution in [0, 0.1) is 0 Å². The van der Waals surface area contributed by atoms with E-state index in [0.29, 0.717) is 16.4 Å². The van der Waals surface area contributed by atoms with E-state index in [9.17, 15) is 16.8 Å². The Morgan fingerprint density at radius 3 is 2.65 bits per heavy atom. The zero-order valence-corrected chi connectivity index (χ0v) is 11.6. The van der Waals surface area contributed by atoms with Crippen LogP contribution in [0.5, 0.6) is 0 Å². The van der Waals surface area contributed by atoms with Crippen LogP contribution >= 0.6 is 0 Å². The van der Waals surface area contributed by atoms with Crippen molar-refractivity contribution < 1.29 is 21.0 Å². The van der Waals surface area contributed by atoms with Gasteiger partial charge in [0.15, 0.2) is 0 Å². The molecule has 0 aliphatic carbocycles. The van der Waals surface area contributed by atoms with Gasteiger partial charge in [-0.2, -0.15) is 28.6 Å². The van der Waals surface area contributed by atoms with Crippen LogP contribution < -0.4 is 4.72 Å². The number of hydrogen-bond donors (Lipinski definition) is 2. The second kappa shape index (κ2) is 5.28. The van der Waals surface area contributed by atoms with Crippen molar-refractivity contribution in [2.75, 3.05) is 6.73 Å². The van der Waals surface area contributed by atoms with Crippen molar-refractivity contribution in [2.24, 2.45) is 0 Å². The predicted octanol–water partition coefficient (Wildman–Crippen LogP) is -0.316. The highest BCUT2D eigenvalue weighted by Gasteiger charge is 2.16. The van der Waals surface area contributed by atoms with Gasteiger partial charge < -0.3 is 0 Å². The minimum absolute atomic E-state index is 0.0847. The number of benzene rings is 1. The van der Waals surface area contributed by atoms with Crippen LogP contribution in [0.2, 0.25) is 0 Å². The molecule has 0 aliphatic heterocycles. The van der Waals surface area contributed by atoms with Gasteiger partial charge in [-0.05, 0) is 18.2 Å². The molecular formula is C9H10N4O5S2. The Balaban J connectivity index is 2.15. The minimum atomic E-state index is -3.94. The number of rotatable bonds is 6. The standard InChI is InChI=1S/C9H10N4O5S2/c1-2-19(14,15)18-6-10-20(16,17)7-3-4-8-9(5-7)12-13-11-8/h2-5,10H,1,6H2,(H,11,12,13). The van der Waals surface area contributed by atoms with Gasteiger partial charge in [-0.15, -0.1) is 0 Å². The Labute approximate surface area is 114 Å². The summed E-state index contributed by atoms with van der Waals surface area (Å²) in [6.45, 7) is 2.30. The largest absolute Gasteiger partial charge is 0.290 e. The van der Waals surface area contributed by atoms with Crippen LogP contribution in [-0.4, -0.2) is 39.0 Å². The molecule has 20 heavy (non-hydrogen) atoms. The summed E-state index contributed by atoms with van der Waals surface area (Å²) >= 11 is 0. The van der Waals surface area contributed by atoms with Gasteiger partial charge in [0.1, 0.15) is 17.8 Å². The molecule has 0 spiro atoms. The van der Waals surface area contributed by atoms with Gasteiger partial charge in [0.05, 0.1) is 10.3 Å². The molecule has 108 valence electrons. The quantitative estimate of drug-likeness (QED) is 0.551. The first-order chi connectivity index (χ1) is 9.34. The van der Waals surface area contributed by atoms with Crippen molar-refractivity contribution in [1.29, 1.82) is 0 Å². The number of sulfonamides is 1. The fraction of sp³-hybridized carbons (Fsp3) is 0.111. The van der Waals surface area contributed by atoms with Gasteiger partial charge in [-0.3, -0.25) is 4.18 Å². The second-order valence-electron chi connectivity index (χ2n) is 3.54. The lowest BCUT2D eigenvalue weighted by atomic mass is 10.3. The minimum Gasteiger partial charge on any atom is -0.250 e. The Hall–Kier alpha value is -1.82. The third kappa shape index (κ3) is 3.19. The molecule has 0 bridgehead atoms. The third-order valence-corrected chi connectivity index (χ3v) is 4.50. The lowest BCUT2D eigenvalue weighted by Crippen LogP contribution is -2.27. The third-order valence-electron chi connectivity index (χ3n) is 2.27. The smallest absolute Gasteiger partial charge is 0.250 e. The lowest BCUT2D eigenvalue weighted by Gasteiger charge is -2.06. The highest BCUT2D eigenvalue weighted by molar-refractivity contribution is 7.90. The van der Waals surface area contributed by atoms with E-state index in [4.69, 9.17) is 0 Å². The molecule has 0 radical (unpaired) electrons. The number of nitrogens with one attached hydrogen (secondary N) is 2. The molecule has 1 aromatic heterocycles. The van der Waals surface area contributed by atoms with Gasteiger partial charge in [0, 0.05) is 0 Å². The fourth-order valence-electron chi connectivity index (χ4n) is 1.30. The van der Waals surface area contributed by atoms with E-state index >= 15 is 0 Å². The van der Waals surface area contributed by atoms with Crippen molar-refractivity contribution in [2.45, 2.75) is 4.90 Å². The maximum absolute atomic E-state index is 11.9. The second-order valence-corrected chi connectivity index (χ2v) is 6.87. The molecule has 1 heterocycles. The summed E-state index contributed by atoms with van der Waals surface area (Å²) < 4.78 is 52.1. The number of H-pyrrole nitrogens is 1. The van der Waals surface area contributed by atoms with E-state index in [2.05, 4.69) is 26.2 Å². The molecular weight excluding hydrogens is 308 g/mol. The average Bonchev–Trinajstić information content (AvgIpc) is 2.85. The SMILES string of the molecule is C=CS(=O)(=O)OCNS(=O)(=O)c1ccc2n[nH]nc2c1. The van der Waals surface area contributed by atoms with Crippen LogP contribution in [0.25, 0.3) is 11.0 Å². The number of aromatic nitrogens is 3. The molecule has 0 saturated heterocycles. The molecule has 2 aromatic rings. The summed E-state index contributed by atoms with van der Waals surface area (Å²) in [5, 5.41) is 10.5. The number of hydrogen-bond acceptors (Lipinski definition) is 7. The van der Waals surface area contributed by atoms with Crippen molar-refractivity contribution in [3.05, 3.63) is 30.2 Å². The Morgan fingerprint density at radius 1 is 1.25 bits per heavy atom. The van der Waals surface area contributed by atoms with E-state index in [0.717, 1.165) is 0 Å². The monoisotopic (exact) mass is 318 g/mol. The maximum Gasteiger partial charge on any atom is 0.290 e. The Morgan fingerprint density at radius 2 is 1.95 bits per heavy atom. The Bertz CT molecular complexity index is 840. The summed E-state index contributed by atoms with van der Waals surface area (Å²) in [6.07, 6.45) is 0. The average molecular weight is 318 g/mol. The van der Waals surface area contributed by atoms with Gasteiger partial charge >= 0.3 is 0 Å². The molecule has 2 rings (SSSR count). The molecule has 0 amide bonds. The fourth-order valence-corrected chi connectivity index (χ4v) is 2.59. The van der Waals surface area contributed by atoms with Gasteiger partial charge in [-0.1, -0.05) is 6.58 Å². The molecule has 2 N–H and O–H groups in total. The molecule has 0 unspecified atom stereocenters. The van der Waals surface area contributed by atoms with Crippen LogP contribution in [0.1, 0.15) is 0 Å². The molecule has 0 fully saturated rings. The molecule has 0 atom stereocenters. The first kappa shape index (κ1) is 14.6. The summed E-state index contributed by atoms with van der Waals surface area (Å²) in [6, 6.07) is 4.08. The van der Waals surface area contributed by atoms with Crippen molar-refractivity contribution in [3.8, 4) is 0 Å². The highest BCUT2D eigenvalue weighted by Crippen LogP contribution is 2.14. The summed E-state index contributed by atoms with van der Waals surface area (Å²) in [4.78, 5) is -0.0847. The topological polar surface area (TPSA) is 131 Å². The number of fused-ring (bicyclic) bond motifs is 1. The number of aromatic amines is 1. The zero-order chi connectivity index (χ0) is 14.8. The molecule has 0 saturated carbocycles. The molecule has 1 aromatic carbocycles. The van der Waals surface area contributed by atoms with E-state index in [-0.39, 0.29) is 4.90 Å². The lowest BCUT2D eigenvalue weighted by molar-refractivity contribution is 0.318. The van der Waals surface area contributed by atoms with Crippen molar-refractivity contribution >= 4 is 31.2 Å². The first-order valence-electron chi connectivity index (χ1n) is 5.16. The van der Waals surface area contributed by atoms with Crippen LogP contribution in [0.4, 0.5) is 0 Å². The first-order valence-corrected chi connectivity index (χ1v) is 8.11. The van der Waals surface area contributed by atoms with Crippen LogP contribution in [-0.2, 0) is 24.3 Å². The van der Waals surface area contributed by atoms with Crippen molar-refractivity contribution in [3.63, 3.8) is 0 Å². The Kier molecular flexibility index (Phi) is 3.85. The van der Waals surface area contributed by atoms with Crippen LogP contribution in [0.3, 0.4) is 0 Å². The van der Waals surface area contributed by atoms with Crippen molar-refractivity contribution in [1.82, 2.24) is 20.1 Å². The highest BCUT2D eigenvalue weighted by atomic mass is 32.2.